The van der Waals surface area contributed by atoms with Crippen LogP contribution in [0.1, 0.15) is 33.6 Å². The summed E-state index contributed by atoms with van der Waals surface area (Å²) in [6.07, 6.45) is 0.665. The summed E-state index contributed by atoms with van der Waals surface area (Å²) >= 11 is 1.39. The molecule has 112 valence electrons. The summed E-state index contributed by atoms with van der Waals surface area (Å²) in [5.74, 6) is 0.121. The third-order valence-electron chi connectivity index (χ3n) is 3.12. The number of Topliss-reactive ketones (excluding diaryl/α,β-unsaturated/α-hetero) is 1. The van der Waals surface area contributed by atoms with Crippen LogP contribution in [0, 0.1) is 6.92 Å². The zero-order chi connectivity index (χ0) is 15.3. The predicted molar refractivity (Wildman–Crippen MR) is 86.6 cm³/mol. The van der Waals surface area contributed by atoms with Crippen molar-refractivity contribution in [1.82, 2.24) is 0 Å². The number of thiophene rings is 1. The Hall–Kier alpha value is -1.46. The van der Waals surface area contributed by atoms with Crippen LogP contribution in [0.2, 0.25) is 0 Å². The van der Waals surface area contributed by atoms with Crippen LogP contribution >= 0.6 is 11.3 Å². The van der Waals surface area contributed by atoms with Crippen LogP contribution in [0.4, 0.5) is 0 Å². The molecule has 1 heterocycles. The molecule has 0 aliphatic carbocycles. The van der Waals surface area contributed by atoms with Crippen molar-refractivity contribution in [1.29, 1.82) is 0 Å². The molecule has 2 aromatic rings. The van der Waals surface area contributed by atoms with Gasteiger partial charge in [-0.2, -0.15) is 0 Å². The second-order valence-electron chi connectivity index (χ2n) is 5.09. The first-order chi connectivity index (χ1) is 9.96. The lowest BCUT2D eigenvalue weighted by molar-refractivity contribution is 0.0986. The summed E-state index contributed by atoms with van der Waals surface area (Å²) in [6, 6.07) is 11.1. The number of ketones is 1. The van der Waals surface area contributed by atoms with Crippen molar-refractivity contribution in [3.8, 4) is 0 Å². The van der Waals surface area contributed by atoms with Crippen molar-refractivity contribution in [2.75, 3.05) is 5.75 Å². The van der Waals surface area contributed by atoms with E-state index in [1.54, 1.807) is 6.07 Å². The molecule has 0 radical (unpaired) electrons. The lowest BCUT2D eigenvalue weighted by atomic mass is 10.2. The average Bonchev–Trinajstić information content (AvgIpc) is 2.91. The molecule has 0 N–H and O–H groups in total. The average molecular weight is 322 g/mol. The van der Waals surface area contributed by atoms with Gasteiger partial charge >= 0.3 is 0 Å². The first-order valence-electron chi connectivity index (χ1n) is 6.79. The summed E-state index contributed by atoms with van der Waals surface area (Å²) in [4.78, 5) is 12.5. The molecule has 21 heavy (non-hydrogen) atoms. The number of hydrogen-bond donors (Lipinski definition) is 0. The molecule has 0 bridgehead atoms. The third-order valence-corrected chi connectivity index (χ3v) is 5.72. The van der Waals surface area contributed by atoms with Gasteiger partial charge in [0.25, 0.3) is 0 Å². The smallest absolute Gasteiger partial charge is 0.172 e. The molecule has 0 saturated heterocycles. The maximum absolute atomic E-state index is 12.1. The molecule has 1 aromatic heterocycles. The SMILES string of the molecule is Cc1cccc(CS(=O)(=O)CCCC(=O)c2cccs2)c1. The largest absolute Gasteiger partial charge is 0.293 e. The Bertz CT molecular complexity index is 701. The van der Waals surface area contributed by atoms with E-state index < -0.39 is 9.84 Å². The van der Waals surface area contributed by atoms with E-state index in [1.165, 1.54) is 11.3 Å². The highest BCUT2D eigenvalue weighted by Crippen LogP contribution is 2.14. The summed E-state index contributed by atoms with van der Waals surface area (Å²) in [5.41, 5.74) is 1.86. The Morgan fingerprint density at radius 2 is 2.00 bits per heavy atom. The number of rotatable bonds is 7. The van der Waals surface area contributed by atoms with Crippen molar-refractivity contribution in [2.24, 2.45) is 0 Å². The summed E-state index contributed by atoms with van der Waals surface area (Å²) < 4.78 is 24.1. The van der Waals surface area contributed by atoms with Gasteiger partial charge in [0.1, 0.15) is 0 Å². The monoisotopic (exact) mass is 322 g/mol. The summed E-state index contributed by atoms with van der Waals surface area (Å²) in [7, 11) is -3.16. The Kier molecular flexibility index (Phi) is 5.31. The highest BCUT2D eigenvalue weighted by molar-refractivity contribution is 7.90. The number of benzene rings is 1. The highest BCUT2D eigenvalue weighted by Gasteiger charge is 2.14. The first-order valence-corrected chi connectivity index (χ1v) is 9.49. The molecule has 2 rings (SSSR count). The molecule has 0 amide bonds. The predicted octanol–water partition coefficient (Wildman–Crippen LogP) is 3.63. The van der Waals surface area contributed by atoms with Crippen LogP contribution in [-0.4, -0.2) is 20.0 Å². The Morgan fingerprint density at radius 3 is 2.67 bits per heavy atom. The van der Waals surface area contributed by atoms with Gasteiger partial charge in [0.05, 0.1) is 16.4 Å². The lowest BCUT2D eigenvalue weighted by Crippen LogP contribution is -2.11. The Morgan fingerprint density at radius 1 is 1.19 bits per heavy atom. The Labute approximate surface area is 129 Å². The Balaban J connectivity index is 1.86. The van der Waals surface area contributed by atoms with Crippen molar-refractivity contribution >= 4 is 27.0 Å². The summed E-state index contributed by atoms with van der Waals surface area (Å²) in [5, 5.41) is 1.85. The van der Waals surface area contributed by atoms with Gasteiger partial charge in [0.2, 0.25) is 0 Å². The van der Waals surface area contributed by atoms with Crippen molar-refractivity contribution in [3.05, 3.63) is 57.8 Å². The third kappa shape index (κ3) is 5.10. The minimum atomic E-state index is -3.16. The van der Waals surface area contributed by atoms with Gasteiger partial charge in [-0.05, 0) is 30.4 Å². The zero-order valence-corrected chi connectivity index (χ0v) is 13.5. The molecule has 0 unspecified atom stereocenters. The van der Waals surface area contributed by atoms with E-state index in [-0.39, 0.29) is 23.7 Å². The van der Waals surface area contributed by atoms with E-state index in [0.717, 1.165) is 11.1 Å². The minimum Gasteiger partial charge on any atom is -0.293 e. The second kappa shape index (κ2) is 7.00. The first kappa shape index (κ1) is 15.9. The fraction of sp³-hybridized carbons (Fsp3) is 0.312. The van der Waals surface area contributed by atoms with Crippen LogP contribution in [-0.2, 0) is 15.6 Å². The molecular weight excluding hydrogens is 304 g/mol. The lowest BCUT2D eigenvalue weighted by Gasteiger charge is -2.05. The second-order valence-corrected chi connectivity index (χ2v) is 8.22. The van der Waals surface area contributed by atoms with Crippen LogP contribution in [0.5, 0.6) is 0 Å². The van der Waals surface area contributed by atoms with Gasteiger partial charge < -0.3 is 0 Å². The van der Waals surface area contributed by atoms with E-state index in [2.05, 4.69) is 0 Å². The number of aryl methyl sites for hydroxylation is 1. The summed E-state index contributed by atoms with van der Waals surface area (Å²) in [6.45, 7) is 1.94. The van der Waals surface area contributed by atoms with Gasteiger partial charge in [-0.15, -0.1) is 11.3 Å². The van der Waals surface area contributed by atoms with E-state index >= 15 is 0 Å². The highest BCUT2D eigenvalue weighted by atomic mass is 32.2. The number of hydrogen-bond acceptors (Lipinski definition) is 4. The van der Waals surface area contributed by atoms with Crippen LogP contribution in [0.3, 0.4) is 0 Å². The molecule has 0 saturated carbocycles. The quantitative estimate of drug-likeness (QED) is 0.731. The van der Waals surface area contributed by atoms with E-state index in [4.69, 9.17) is 0 Å². The van der Waals surface area contributed by atoms with Gasteiger partial charge in [-0.25, -0.2) is 8.42 Å². The molecule has 0 aliphatic heterocycles. The van der Waals surface area contributed by atoms with Crippen LogP contribution < -0.4 is 0 Å². The standard InChI is InChI=1S/C16H18O3S2/c1-13-5-2-6-14(11-13)12-21(18,19)10-4-7-15(17)16-8-3-9-20-16/h2-3,5-6,8-9,11H,4,7,10,12H2,1H3. The molecular formula is C16H18O3S2. The van der Waals surface area contributed by atoms with Gasteiger partial charge in [-0.1, -0.05) is 35.9 Å². The van der Waals surface area contributed by atoms with Crippen LogP contribution in [0.15, 0.2) is 41.8 Å². The number of carbonyl (C=O) groups excluding carboxylic acids is 1. The van der Waals surface area contributed by atoms with Gasteiger partial charge in [-0.3, -0.25) is 4.79 Å². The van der Waals surface area contributed by atoms with E-state index in [1.807, 2.05) is 42.6 Å². The van der Waals surface area contributed by atoms with Crippen molar-refractivity contribution in [2.45, 2.75) is 25.5 Å². The zero-order valence-electron chi connectivity index (χ0n) is 11.9. The molecule has 0 spiro atoms. The maximum atomic E-state index is 12.1. The van der Waals surface area contributed by atoms with E-state index in [0.29, 0.717) is 11.3 Å². The van der Waals surface area contributed by atoms with Gasteiger partial charge in [0, 0.05) is 6.42 Å². The molecule has 0 atom stereocenters. The molecule has 5 heteroatoms. The van der Waals surface area contributed by atoms with Crippen molar-refractivity contribution < 1.29 is 13.2 Å². The fourth-order valence-corrected chi connectivity index (χ4v) is 4.25. The molecule has 0 fully saturated rings. The number of carbonyl (C=O) groups is 1. The van der Waals surface area contributed by atoms with E-state index in [9.17, 15) is 13.2 Å². The molecule has 1 aromatic carbocycles. The maximum Gasteiger partial charge on any atom is 0.172 e. The molecule has 0 aliphatic rings. The molecule has 3 nitrogen and oxygen atoms in total. The normalized spacial score (nSPS) is 11.5. The topological polar surface area (TPSA) is 51.2 Å². The minimum absolute atomic E-state index is 0.0238. The fourth-order valence-electron chi connectivity index (χ4n) is 2.14. The van der Waals surface area contributed by atoms with Crippen LogP contribution in [0.25, 0.3) is 0 Å². The van der Waals surface area contributed by atoms with Gasteiger partial charge in [0.15, 0.2) is 15.6 Å². The number of sulfone groups is 1. The van der Waals surface area contributed by atoms with Crippen molar-refractivity contribution in [3.63, 3.8) is 0 Å².